The molecule has 0 saturated heterocycles. The molecule has 100 valence electrons. The van der Waals surface area contributed by atoms with Gasteiger partial charge in [-0.2, -0.15) is 0 Å². The molecule has 1 saturated carbocycles. The molecular formula is C13H19NO4. The number of carboxylic acid groups (broad SMARTS) is 1. The van der Waals surface area contributed by atoms with Gasteiger partial charge in [-0.25, -0.2) is 0 Å². The quantitative estimate of drug-likeness (QED) is 0.706. The Kier molecular flexibility index (Phi) is 3.71. The molecule has 0 radical (unpaired) electrons. The normalized spacial score (nSPS) is 34.6. The molecule has 2 aliphatic carbocycles. The number of carbonyl (C=O) groups excluding carboxylic acids is 1. The fourth-order valence-corrected chi connectivity index (χ4v) is 3.15. The summed E-state index contributed by atoms with van der Waals surface area (Å²) in [6, 6.07) is -0.0972. The molecule has 2 rings (SSSR count). The highest BCUT2D eigenvalue weighted by Crippen LogP contribution is 2.48. The van der Waals surface area contributed by atoms with Crippen molar-refractivity contribution in [3.63, 3.8) is 0 Å². The average molecular weight is 253 g/mol. The lowest BCUT2D eigenvalue weighted by atomic mass is 9.82. The third kappa shape index (κ3) is 2.27. The number of hydrogen-bond acceptors (Lipinski definition) is 3. The molecule has 2 N–H and O–H groups in total. The van der Waals surface area contributed by atoms with Crippen LogP contribution in [-0.2, 0) is 14.3 Å². The SMILES string of the molecule is COCC(C)NC(=O)[C@H]1C2C=CC(C2)[C@H]1C(=O)O. The third-order valence-electron chi connectivity index (χ3n) is 3.85. The van der Waals surface area contributed by atoms with Crippen molar-refractivity contribution in [1.82, 2.24) is 5.32 Å². The number of hydrogen-bond donors (Lipinski definition) is 2. The van der Waals surface area contributed by atoms with Crippen molar-refractivity contribution in [3.8, 4) is 0 Å². The van der Waals surface area contributed by atoms with Gasteiger partial charge in [0.1, 0.15) is 0 Å². The summed E-state index contributed by atoms with van der Waals surface area (Å²) in [5.41, 5.74) is 0. The summed E-state index contributed by atoms with van der Waals surface area (Å²) in [6.07, 6.45) is 4.70. The summed E-state index contributed by atoms with van der Waals surface area (Å²) in [4.78, 5) is 23.5. The van der Waals surface area contributed by atoms with Crippen LogP contribution in [0.4, 0.5) is 0 Å². The zero-order chi connectivity index (χ0) is 13.3. The van der Waals surface area contributed by atoms with E-state index in [1.807, 2.05) is 19.1 Å². The lowest BCUT2D eigenvalue weighted by Gasteiger charge is -2.25. The number of ether oxygens (including phenoxy) is 1. The van der Waals surface area contributed by atoms with Gasteiger partial charge in [0, 0.05) is 13.2 Å². The van der Waals surface area contributed by atoms with Crippen LogP contribution in [-0.4, -0.2) is 36.7 Å². The standard InChI is InChI=1S/C13H19NO4/c1-7(6-18-2)14-12(15)10-8-3-4-9(5-8)11(10)13(16)17/h3-4,7-11H,5-6H2,1-2H3,(H,14,15)(H,16,17)/t7?,8?,9?,10-,11+/m0/s1. The molecule has 5 nitrogen and oxygen atoms in total. The Bertz CT molecular complexity index is 379. The first-order valence-corrected chi connectivity index (χ1v) is 6.25. The molecule has 2 bridgehead atoms. The third-order valence-corrected chi connectivity index (χ3v) is 3.85. The van der Waals surface area contributed by atoms with Gasteiger partial charge in [-0.1, -0.05) is 12.2 Å². The molecule has 1 amide bonds. The van der Waals surface area contributed by atoms with Crippen LogP contribution in [0.1, 0.15) is 13.3 Å². The number of amides is 1. The van der Waals surface area contributed by atoms with E-state index in [1.54, 1.807) is 7.11 Å². The first-order chi connectivity index (χ1) is 8.54. The highest BCUT2D eigenvalue weighted by Gasteiger charge is 2.51. The monoisotopic (exact) mass is 253 g/mol. The van der Waals surface area contributed by atoms with E-state index in [2.05, 4.69) is 5.32 Å². The van der Waals surface area contributed by atoms with E-state index in [9.17, 15) is 14.7 Å². The molecule has 1 fully saturated rings. The minimum absolute atomic E-state index is 0.0148. The number of rotatable bonds is 5. The maximum absolute atomic E-state index is 12.2. The lowest BCUT2D eigenvalue weighted by Crippen LogP contribution is -2.44. The van der Waals surface area contributed by atoms with Crippen LogP contribution in [0.2, 0.25) is 0 Å². The molecule has 18 heavy (non-hydrogen) atoms. The van der Waals surface area contributed by atoms with Crippen molar-refractivity contribution in [1.29, 1.82) is 0 Å². The summed E-state index contributed by atoms with van der Waals surface area (Å²) < 4.78 is 4.96. The number of allylic oxidation sites excluding steroid dienone is 2. The lowest BCUT2D eigenvalue weighted by molar-refractivity contribution is -0.148. The molecule has 0 spiro atoms. The summed E-state index contributed by atoms with van der Waals surface area (Å²) in [7, 11) is 1.57. The Hall–Kier alpha value is -1.36. The van der Waals surface area contributed by atoms with Gasteiger partial charge in [0.15, 0.2) is 0 Å². The first kappa shape index (κ1) is 13.1. The van der Waals surface area contributed by atoms with E-state index >= 15 is 0 Å². The highest BCUT2D eigenvalue weighted by atomic mass is 16.5. The maximum Gasteiger partial charge on any atom is 0.307 e. The Morgan fingerprint density at radius 2 is 2.00 bits per heavy atom. The molecule has 0 aromatic carbocycles. The Morgan fingerprint density at radius 3 is 2.56 bits per heavy atom. The number of aliphatic carboxylic acids is 1. The molecule has 0 heterocycles. The van der Waals surface area contributed by atoms with Crippen molar-refractivity contribution in [2.75, 3.05) is 13.7 Å². The Labute approximate surface area is 106 Å². The first-order valence-electron chi connectivity index (χ1n) is 6.25. The number of carboxylic acids is 1. The zero-order valence-electron chi connectivity index (χ0n) is 10.6. The minimum atomic E-state index is -0.869. The van der Waals surface area contributed by atoms with Crippen LogP contribution >= 0.6 is 0 Å². The molecule has 5 atom stereocenters. The maximum atomic E-state index is 12.2. The van der Waals surface area contributed by atoms with Gasteiger partial charge < -0.3 is 15.2 Å². The largest absolute Gasteiger partial charge is 0.481 e. The van der Waals surface area contributed by atoms with E-state index in [1.165, 1.54) is 0 Å². The molecular weight excluding hydrogens is 234 g/mol. The topological polar surface area (TPSA) is 75.6 Å². The molecule has 0 aromatic heterocycles. The van der Waals surface area contributed by atoms with E-state index in [0.29, 0.717) is 6.61 Å². The Morgan fingerprint density at radius 1 is 1.39 bits per heavy atom. The second kappa shape index (κ2) is 5.10. The van der Waals surface area contributed by atoms with Gasteiger partial charge >= 0.3 is 5.97 Å². The summed E-state index contributed by atoms with van der Waals surface area (Å²) in [5, 5.41) is 12.1. The summed E-state index contributed by atoms with van der Waals surface area (Å²) >= 11 is 0. The predicted octanol–water partition coefficient (Wildman–Crippen LogP) is 0.660. The summed E-state index contributed by atoms with van der Waals surface area (Å²) in [5.74, 6) is -1.95. The van der Waals surface area contributed by atoms with Crippen LogP contribution in [0.3, 0.4) is 0 Å². The van der Waals surface area contributed by atoms with Crippen molar-refractivity contribution >= 4 is 11.9 Å². The van der Waals surface area contributed by atoms with E-state index in [0.717, 1.165) is 6.42 Å². The molecule has 3 unspecified atom stereocenters. The van der Waals surface area contributed by atoms with E-state index in [4.69, 9.17) is 4.74 Å². The van der Waals surface area contributed by atoms with Gasteiger partial charge in [0.25, 0.3) is 0 Å². The second-order valence-electron chi connectivity index (χ2n) is 5.20. The molecule has 2 aliphatic rings. The predicted molar refractivity (Wildman–Crippen MR) is 64.8 cm³/mol. The van der Waals surface area contributed by atoms with Crippen LogP contribution in [0.25, 0.3) is 0 Å². The average Bonchev–Trinajstić information content (AvgIpc) is 2.88. The van der Waals surface area contributed by atoms with Gasteiger partial charge in [0.05, 0.1) is 18.4 Å². The van der Waals surface area contributed by atoms with Crippen LogP contribution in [0.5, 0.6) is 0 Å². The van der Waals surface area contributed by atoms with E-state index in [-0.39, 0.29) is 23.8 Å². The Balaban J connectivity index is 2.05. The van der Waals surface area contributed by atoms with Crippen LogP contribution in [0.15, 0.2) is 12.2 Å². The molecule has 0 aliphatic heterocycles. The van der Waals surface area contributed by atoms with Crippen molar-refractivity contribution < 1.29 is 19.4 Å². The van der Waals surface area contributed by atoms with Crippen molar-refractivity contribution in [3.05, 3.63) is 12.2 Å². The molecule has 5 heteroatoms. The zero-order valence-corrected chi connectivity index (χ0v) is 10.6. The smallest absolute Gasteiger partial charge is 0.307 e. The van der Waals surface area contributed by atoms with Gasteiger partial charge in [-0.3, -0.25) is 9.59 Å². The summed E-state index contributed by atoms with van der Waals surface area (Å²) in [6.45, 7) is 2.28. The number of nitrogens with one attached hydrogen (secondary N) is 1. The van der Waals surface area contributed by atoms with Crippen molar-refractivity contribution in [2.24, 2.45) is 23.7 Å². The highest BCUT2D eigenvalue weighted by molar-refractivity contribution is 5.87. The fourth-order valence-electron chi connectivity index (χ4n) is 3.15. The fraction of sp³-hybridized carbons (Fsp3) is 0.692. The van der Waals surface area contributed by atoms with Gasteiger partial charge in [-0.05, 0) is 25.2 Å². The second-order valence-corrected chi connectivity index (χ2v) is 5.20. The van der Waals surface area contributed by atoms with E-state index < -0.39 is 17.8 Å². The van der Waals surface area contributed by atoms with Gasteiger partial charge in [-0.15, -0.1) is 0 Å². The van der Waals surface area contributed by atoms with Crippen LogP contribution < -0.4 is 5.32 Å². The number of fused-ring (bicyclic) bond motifs is 2. The van der Waals surface area contributed by atoms with Crippen molar-refractivity contribution in [2.45, 2.75) is 19.4 Å². The molecule has 0 aromatic rings. The number of methoxy groups -OCH3 is 1. The minimum Gasteiger partial charge on any atom is -0.481 e. The van der Waals surface area contributed by atoms with Gasteiger partial charge in [0.2, 0.25) is 5.91 Å². The number of carbonyl (C=O) groups is 2. The van der Waals surface area contributed by atoms with Crippen LogP contribution in [0, 0.1) is 23.7 Å².